The van der Waals surface area contributed by atoms with E-state index in [2.05, 4.69) is 25.7 Å². The van der Waals surface area contributed by atoms with E-state index in [1.54, 1.807) is 16.5 Å². The minimum atomic E-state index is -0.430. The Hall–Kier alpha value is -3.14. The van der Waals surface area contributed by atoms with Crippen LogP contribution in [0, 0.1) is 0 Å². The van der Waals surface area contributed by atoms with Gasteiger partial charge in [0.05, 0.1) is 6.54 Å². The van der Waals surface area contributed by atoms with Gasteiger partial charge in [-0.1, -0.05) is 30.3 Å². The summed E-state index contributed by atoms with van der Waals surface area (Å²) in [7, 11) is 0. The average Bonchev–Trinajstić information content (AvgIpc) is 3.50. The maximum atomic E-state index is 12.6. The minimum Gasteiger partial charge on any atom is -0.331 e. The second-order valence-electron chi connectivity index (χ2n) is 6.75. The van der Waals surface area contributed by atoms with Gasteiger partial charge in [0, 0.05) is 30.1 Å². The molecular formula is C19H21N7O2S. The van der Waals surface area contributed by atoms with Crippen LogP contribution in [0.3, 0.4) is 0 Å². The summed E-state index contributed by atoms with van der Waals surface area (Å²) in [4.78, 5) is 32.4. The molecule has 1 atom stereocenters. The van der Waals surface area contributed by atoms with Gasteiger partial charge in [-0.25, -0.2) is 4.98 Å². The van der Waals surface area contributed by atoms with E-state index >= 15 is 0 Å². The molecule has 29 heavy (non-hydrogen) atoms. The third-order valence-corrected chi connectivity index (χ3v) is 5.46. The molecule has 3 aromatic rings. The molecule has 2 aromatic heterocycles. The lowest BCUT2D eigenvalue weighted by atomic mass is 10.2. The molecule has 1 aromatic carbocycles. The summed E-state index contributed by atoms with van der Waals surface area (Å²) in [6, 6.07) is 9.20. The smallest absolute Gasteiger partial charge is 0.248 e. The molecule has 0 spiro atoms. The summed E-state index contributed by atoms with van der Waals surface area (Å²) in [6.45, 7) is 1.10. The van der Waals surface area contributed by atoms with Crippen LogP contribution in [0.5, 0.6) is 0 Å². The van der Waals surface area contributed by atoms with E-state index in [1.165, 1.54) is 16.1 Å². The van der Waals surface area contributed by atoms with E-state index in [9.17, 15) is 9.59 Å². The van der Waals surface area contributed by atoms with Crippen LogP contribution < -0.4 is 5.32 Å². The highest BCUT2D eigenvalue weighted by Gasteiger charge is 2.33. The van der Waals surface area contributed by atoms with E-state index in [0.717, 1.165) is 12.0 Å². The first-order valence-electron chi connectivity index (χ1n) is 9.54. The van der Waals surface area contributed by atoms with Gasteiger partial charge in [0.25, 0.3) is 0 Å². The second-order valence-corrected chi connectivity index (χ2v) is 7.64. The van der Waals surface area contributed by atoms with Gasteiger partial charge in [0.1, 0.15) is 6.04 Å². The summed E-state index contributed by atoms with van der Waals surface area (Å²) in [5.74, 6) is 0.372. The molecule has 1 N–H and O–H groups in total. The van der Waals surface area contributed by atoms with Gasteiger partial charge in [-0.2, -0.15) is 4.80 Å². The molecule has 2 amide bonds. The quantitative estimate of drug-likeness (QED) is 0.639. The summed E-state index contributed by atoms with van der Waals surface area (Å²) in [5, 5.41) is 17.6. The van der Waals surface area contributed by atoms with Gasteiger partial charge in [0.15, 0.2) is 5.13 Å². The Kier molecular flexibility index (Phi) is 5.89. The molecule has 150 valence electrons. The van der Waals surface area contributed by atoms with Crippen molar-refractivity contribution in [3.8, 4) is 11.4 Å². The predicted molar refractivity (Wildman–Crippen MR) is 108 cm³/mol. The Labute approximate surface area is 171 Å². The lowest BCUT2D eigenvalue weighted by Gasteiger charge is -2.23. The second kappa shape index (κ2) is 8.91. The van der Waals surface area contributed by atoms with E-state index in [1.807, 2.05) is 30.3 Å². The number of amides is 2. The van der Waals surface area contributed by atoms with Crippen molar-refractivity contribution in [3.05, 3.63) is 41.9 Å². The number of carbonyl (C=O) groups excluding carboxylic acids is 2. The monoisotopic (exact) mass is 411 g/mol. The van der Waals surface area contributed by atoms with E-state index in [0.29, 0.717) is 43.3 Å². The van der Waals surface area contributed by atoms with Crippen molar-refractivity contribution >= 4 is 28.3 Å². The molecule has 0 aliphatic carbocycles. The molecule has 10 heteroatoms. The zero-order chi connectivity index (χ0) is 20.1. The highest BCUT2D eigenvalue weighted by molar-refractivity contribution is 7.13. The lowest BCUT2D eigenvalue weighted by molar-refractivity contribution is -0.136. The van der Waals surface area contributed by atoms with Crippen LogP contribution in [0.2, 0.25) is 0 Å². The Balaban J connectivity index is 1.28. The van der Waals surface area contributed by atoms with Crippen LogP contribution in [0.25, 0.3) is 11.4 Å². The number of nitrogens with one attached hydrogen (secondary N) is 1. The van der Waals surface area contributed by atoms with Gasteiger partial charge in [-0.3, -0.25) is 9.59 Å². The normalized spacial score (nSPS) is 16.1. The molecule has 9 nitrogen and oxygen atoms in total. The average molecular weight is 411 g/mol. The number of rotatable bonds is 7. The van der Waals surface area contributed by atoms with Crippen molar-refractivity contribution in [2.75, 3.05) is 11.9 Å². The zero-order valence-electron chi connectivity index (χ0n) is 15.8. The van der Waals surface area contributed by atoms with Crippen molar-refractivity contribution in [2.24, 2.45) is 0 Å². The topological polar surface area (TPSA) is 106 Å². The van der Waals surface area contributed by atoms with Crippen LogP contribution in [0.1, 0.15) is 25.7 Å². The Bertz CT molecular complexity index is 958. The van der Waals surface area contributed by atoms with Gasteiger partial charge >= 0.3 is 0 Å². The number of nitrogens with zero attached hydrogens (tertiary/aromatic N) is 6. The standard InChI is InChI=1S/C19H21N7O2S/c27-16(25-11-4-8-15(25)18(28)21-19-20-10-13-29-19)9-5-12-26-23-17(22-24-26)14-6-2-1-3-7-14/h1-3,6-7,10,13,15H,4-5,8-9,11-12H2,(H,20,21,28). The summed E-state index contributed by atoms with van der Waals surface area (Å²) in [5.41, 5.74) is 0.904. The van der Waals surface area contributed by atoms with Crippen molar-refractivity contribution < 1.29 is 9.59 Å². The fourth-order valence-corrected chi connectivity index (χ4v) is 3.90. The number of aromatic nitrogens is 5. The van der Waals surface area contributed by atoms with Crippen molar-refractivity contribution in [1.82, 2.24) is 30.1 Å². The zero-order valence-corrected chi connectivity index (χ0v) is 16.6. The number of thiazole rings is 1. The number of hydrogen-bond donors (Lipinski definition) is 1. The van der Waals surface area contributed by atoms with Gasteiger partial charge in [0.2, 0.25) is 17.6 Å². The first-order valence-corrected chi connectivity index (χ1v) is 10.4. The Morgan fingerprint density at radius 3 is 2.90 bits per heavy atom. The molecule has 1 fully saturated rings. The van der Waals surface area contributed by atoms with Crippen LogP contribution in [0.15, 0.2) is 41.9 Å². The van der Waals surface area contributed by atoms with E-state index in [4.69, 9.17) is 0 Å². The molecule has 4 rings (SSSR count). The van der Waals surface area contributed by atoms with Crippen molar-refractivity contribution in [1.29, 1.82) is 0 Å². The van der Waals surface area contributed by atoms with Crippen LogP contribution in [0.4, 0.5) is 5.13 Å². The molecule has 0 bridgehead atoms. The maximum absolute atomic E-state index is 12.6. The third-order valence-electron chi connectivity index (χ3n) is 4.77. The van der Waals surface area contributed by atoms with Gasteiger partial charge in [-0.05, 0) is 24.5 Å². The number of aryl methyl sites for hydroxylation is 1. The van der Waals surface area contributed by atoms with Crippen molar-refractivity contribution in [3.63, 3.8) is 0 Å². The molecule has 3 heterocycles. The molecule has 1 aliphatic heterocycles. The summed E-state index contributed by atoms with van der Waals surface area (Å²) < 4.78 is 0. The van der Waals surface area contributed by atoms with Crippen LogP contribution in [-0.4, -0.2) is 54.5 Å². The predicted octanol–water partition coefficient (Wildman–Crippen LogP) is 2.21. The number of likely N-dealkylation sites (tertiary alicyclic amines) is 1. The highest BCUT2D eigenvalue weighted by Crippen LogP contribution is 2.21. The maximum Gasteiger partial charge on any atom is 0.248 e. The number of anilines is 1. The Morgan fingerprint density at radius 2 is 2.10 bits per heavy atom. The number of tetrazole rings is 1. The summed E-state index contributed by atoms with van der Waals surface area (Å²) in [6.07, 6.45) is 4.06. The fourth-order valence-electron chi connectivity index (χ4n) is 3.37. The number of carbonyl (C=O) groups is 2. The molecular weight excluding hydrogens is 390 g/mol. The number of hydrogen-bond acceptors (Lipinski definition) is 7. The van der Waals surface area contributed by atoms with E-state index in [-0.39, 0.29) is 11.8 Å². The molecule has 1 unspecified atom stereocenters. The molecule has 0 radical (unpaired) electrons. The number of benzene rings is 1. The third kappa shape index (κ3) is 4.65. The highest BCUT2D eigenvalue weighted by atomic mass is 32.1. The largest absolute Gasteiger partial charge is 0.331 e. The van der Waals surface area contributed by atoms with Crippen LogP contribution >= 0.6 is 11.3 Å². The van der Waals surface area contributed by atoms with E-state index < -0.39 is 6.04 Å². The van der Waals surface area contributed by atoms with Crippen molar-refractivity contribution in [2.45, 2.75) is 38.3 Å². The first kappa shape index (κ1) is 19.2. The molecule has 0 saturated carbocycles. The van der Waals surface area contributed by atoms with Gasteiger partial charge in [-0.15, -0.1) is 21.5 Å². The molecule has 1 aliphatic rings. The van der Waals surface area contributed by atoms with Crippen LogP contribution in [-0.2, 0) is 16.1 Å². The molecule has 1 saturated heterocycles. The first-order chi connectivity index (χ1) is 14.2. The SMILES string of the molecule is O=C(Nc1nccs1)C1CCCN1C(=O)CCCn1nnc(-c2ccccc2)n1. The lowest BCUT2D eigenvalue weighted by Crippen LogP contribution is -2.43. The fraction of sp³-hybridized carbons (Fsp3) is 0.368. The summed E-state index contributed by atoms with van der Waals surface area (Å²) >= 11 is 1.36. The van der Waals surface area contributed by atoms with Gasteiger partial charge < -0.3 is 10.2 Å². The minimum absolute atomic E-state index is 0.0230. The Morgan fingerprint density at radius 1 is 1.24 bits per heavy atom.